The molecule has 0 aliphatic heterocycles. The van der Waals surface area contributed by atoms with Crippen LogP contribution in [0, 0.1) is 0 Å². The molecule has 0 aliphatic carbocycles. The van der Waals surface area contributed by atoms with Gasteiger partial charge in [-0.1, -0.05) is 35.5 Å². The highest BCUT2D eigenvalue weighted by atomic mass is 16.5. The molecule has 0 saturated carbocycles. The zero-order valence-electron chi connectivity index (χ0n) is 12.0. The van der Waals surface area contributed by atoms with Crippen molar-refractivity contribution in [3.63, 3.8) is 0 Å². The van der Waals surface area contributed by atoms with Crippen LogP contribution in [0.15, 0.2) is 36.5 Å². The third kappa shape index (κ3) is 4.30. The molecule has 2 N–H and O–H groups in total. The molecule has 8 heteroatoms. The van der Waals surface area contributed by atoms with E-state index in [4.69, 9.17) is 9.84 Å². The molecule has 2 aromatic rings. The molecule has 0 fully saturated rings. The number of benzene rings is 1. The number of carboxylic acids is 1. The lowest BCUT2D eigenvalue weighted by Gasteiger charge is -2.12. The Balaban J connectivity index is 1.76. The zero-order chi connectivity index (χ0) is 15.9. The van der Waals surface area contributed by atoms with E-state index in [1.165, 1.54) is 10.9 Å². The van der Waals surface area contributed by atoms with Crippen LogP contribution >= 0.6 is 0 Å². The van der Waals surface area contributed by atoms with E-state index in [2.05, 4.69) is 15.6 Å². The van der Waals surface area contributed by atoms with Crippen LogP contribution in [0.3, 0.4) is 0 Å². The van der Waals surface area contributed by atoms with Gasteiger partial charge in [0.05, 0.1) is 12.2 Å². The summed E-state index contributed by atoms with van der Waals surface area (Å²) in [6.07, 6.45) is 0.763. The Hall–Kier alpha value is -2.90. The van der Waals surface area contributed by atoms with Crippen molar-refractivity contribution < 1.29 is 19.4 Å². The minimum atomic E-state index is -1.14. The lowest BCUT2D eigenvalue weighted by Crippen LogP contribution is -2.30. The number of aromatic nitrogens is 3. The summed E-state index contributed by atoms with van der Waals surface area (Å²) in [7, 11) is 0. The Kier molecular flexibility index (Phi) is 5.07. The number of carbonyl (C=O) groups excluding carboxylic acids is 1. The molecule has 0 bridgehead atoms. The predicted octanol–water partition coefficient (Wildman–Crippen LogP) is 1.46. The fraction of sp³-hybridized carbons (Fsp3) is 0.286. The van der Waals surface area contributed by atoms with Gasteiger partial charge in [0.2, 0.25) is 0 Å². The Morgan fingerprint density at radius 3 is 2.73 bits per heavy atom. The molecule has 1 aromatic heterocycles. The summed E-state index contributed by atoms with van der Waals surface area (Å²) < 4.78 is 6.44. The minimum Gasteiger partial charge on any atom is -0.476 e. The van der Waals surface area contributed by atoms with Crippen LogP contribution in [0.2, 0.25) is 0 Å². The summed E-state index contributed by atoms with van der Waals surface area (Å²) >= 11 is 0. The van der Waals surface area contributed by atoms with E-state index < -0.39 is 12.1 Å². The maximum atomic E-state index is 11.6. The number of ether oxygens (including phenoxy) is 1. The van der Waals surface area contributed by atoms with E-state index in [0.717, 1.165) is 5.56 Å². The molecule has 22 heavy (non-hydrogen) atoms. The van der Waals surface area contributed by atoms with Crippen LogP contribution < -0.4 is 5.32 Å². The molecule has 1 aromatic carbocycles. The van der Waals surface area contributed by atoms with E-state index in [1.54, 1.807) is 6.92 Å². The van der Waals surface area contributed by atoms with Gasteiger partial charge in [-0.3, -0.25) is 0 Å². The van der Waals surface area contributed by atoms with Crippen molar-refractivity contribution >= 4 is 12.1 Å². The van der Waals surface area contributed by atoms with Crippen molar-refractivity contribution in [2.75, 3.05) is 6.54 Å². The molecule has 0 radical (unpaired) electrons. The van der Waals surface area contributed by atoms with Gasteiger partial charge in [-0.25, -0.2) is 14.3 Å². The van der Waals surface area contributed by atoms with Crippen molar-refractivity contribution in [3.05, 3.63) is 47.8 Å². The zero-order valence-corrected chi connectivity index (χ0v) is 12.0. The third-order valence-electron chi connectivity index (χ3n) is 2.94. The van der Waals surface area contributed by atoms with Gasteiger partial charge in [0.15, 0.2) is 5.69 Å². The Morgan fingerprint density at radius 1 is 1.36 bits per heavy atom. The largest absolute Gasteiger partial charge is 0.476 e. The van der Waals surface area contributed by atoms with Crippen molar-refractivity contribution in [1.29, 1.82) is 0 Å². The monoisotopic (exact) mass is 304 g/mol. The molecule has 1 amide bonds. The summed E-state index contributed by atoms with van der Waals surface area (Å²) in [5.74, 6) is -1.14. The van der Waals surface area contributed by atoms with Crippen LogP contribution in [-0.2, 0) is 11.3 Å². The molecule has 0 unspecified atom stereocenters. The average molecular weight is 304 g/mol. The molecule has 0 aliphatic rings. The van der Waals surface area contributed by atoms with Gasteiger partial charge in [-0.15, -0.1) is 5.10 Å². The van der Waals surface area contributed by atoms with E-state index >= 15 is 0 Å². The summed E-state index contributed by atoms with van der Waals surface area (Å²) in [5.41, 5.74) is 0.756. The number of aromatic carboxylic acids is 1. The molecule has 8 nitrogen and oxygen atoms in total. The maximum Gasteiger partial charge on any atom is 0.407 e. The topological polar surface area (TPSA) is 106 Å². The number of hydrogen-bond donors (Lipinski definition) is 2. The van der Waals surface area contributed by atoms with E-state index in [0.29, 0.717) is 0 Å². The fourth-order valence-corrected chi connectivity index (χ4v) is 1.69. The van der Waals surface area contributed by atoms with Crippen molar-refractivity contribution in [2.24, 2.45) is 0 Å². The second-order valence-corrected chi connectivity index (χ2v) is 4.68. The molecule has 116 valence electrons. The van der Waals surface area contributed by atoms with Crippen LogP contribution in [0.1, 0.15) is 29.0 Å². The van der Waals surface area contributed by atoms with Crippen LogP contribution in [-0.4, -0.2) is 38.7 Å². The van der Waals surface area contributed by atoms with E-state index in [9.17, 15) is 9.59 Å². The first-order valence-corrected chi connectivity index (χ1v) is 6.66. The molecule has 1 atom stereocenters. The number of hydrogen-bond acceptors (Lipinski definition) is 5. The van der Waals surface area contributed by atoms with Crippen molar-refractivity contribution in [3.8, 4) is 0 Å². The standard InChI is InChI=1S/C14H16N4O4/c1-10(18-8-12(13(19)20)16-17-18)7-15-14(21)22-9-11-5-3-2-4-6-11/h2-6,8,10H,7,9H2,1H3,(H,15,21)(H,19,20)/t10-/m0/s1. The minimum absolute atomic E-state index is 0.140. The third-order valence-corrected chi connectivity index (χ3v) is 2.94. The lowest BCUT2D eigenvalue weighted by atomic mass is 10.2. The van der Waals surface area contributed by atoms with Gasteiger partial charge in [0.25, 0.3) is 0 Å². The molecular weight excluding hydrogens is 288 g/mol. The van der Waals surface area contributed by atoms with Crippen LogP contribution in [0.25, 0.3) is 0 Å². The molecule has 0 spiro atoms. The number of nitrogens with one attached hydrogen (secondary N) is 1. The van der Waals surface area contributed by atoms with Gasteiger partial charge in [-0.05, 0) is 12.5 Å². The second-order valence-electron chi connectivity index (χ2n) is 4.68. The van der Waals surface area contributed by atoms with E-state index in [1.807, 2.05) is 30.3 Å². The smallest absolute Gasteiger partial charge is 0.407 e. The van der Waals surface area contributed by atoms with Gasteiger partial charge in [0, 0.05) is 6.54 Å². The Morgan fingerprint density at radius 2 is 2.09 bits per heavy atom. The van der Waals surface area contributed by atoms with Crippen molar-refractivity contribution in [2.45, 2.75) is 19.6 Å². The normalized spacial score (nSPS) is 11.7. The first kappa shape index (κ1) is 15.5. The number of carbonyl (C=O) groups is 2. The second kappa shape index (κ2) is 7.21. The Bertz CT molecular complexity index is 641. The quantitative estimate of drug-likeness (QED) is 0.837. The fourth-order valence-electron chi connectivity index (χ4n) is 1.69. The van der Waals surface area contributed by atoms with Crippen LogP contribution in [0.5, 0.6) is 0 Å². The molecule has 0 saturated heterocycles. The van der Waals surface area contributed by atoms with Gasteiger partial charge >= 0.3 is 12.1 Å². The number of alkyl carbamates (subject to hydrolysis) is 1. The first-order chi connectivity index (χ1) is 10.6. The van der Waals surface area contributed by atoms with Crippen LogP contribution in [0.4, 0.5) is 4.79 Å². The first-order valence-electron chi connectivity index (χ1n) is 6.66. The van der Waals surface area contributed by atoms with E-state index in [-0.39, 0.29) is 24.9 Å². The molecule has 2 rings (SSSR count). The summed E-state index contributed by atoms with van der Waals surface area (Å²) in [5, 5.41) is 18.6. The molecular formula is C14H16N4O4. The highest BCUT2D eigenvalue weighted by Gasteiger charge is 2.13. The maximum absolute atomic E-state index is 11.6. The molecule has 1 heterocycles. The summed E-state index contributed by atoms with van der Waals surface area (Å²) in [4.78, 5) is 22.3. The number of nitrogens with zero attached hydrogens (tertiary/aromatic N) is 3. The summed E-state index contributed by atoms with van der Waals surface area (Å²) in [6.45, 7) is 2.21. The highest BCUT2D eigenvalue weighted by molar-refractivity contribution is 5.84. The van der Waals surface area contributed by atoms with Gasteiger partial charge in [0.1, 0.15) is 6.61 Å². The summed E-state index contributed by atoms with van der Waals surface area (Å²) in [6, 6.07) is 9.09. The number of carboxylic acid groups (broad SMARTS) is 1. The number of amides is 1. The Labute approximate surface area is 126 Å². The highest BCUT2D eigenvalue weighted by Crippen LogP contribution is 2.04. The van der Waals surface area contributed by atoms with Gasteiger partial charge < -0.3 is 15.2 Å². The lowest BCUT2D eigenvalue weighted by molar-refractivity contribution is 0.0690. The van der Waals surface area contributed by atoms with Gasteiger partial charge in [-0.2, -0.15) is 0 Å². The average Bonchev–Trinajstić information content (AvgIpc) is 3.02. The SMILES string of the molecule is C[C@@H](CNC(=O)OCc1ccccc1)n1cc(C(=O)O)nn1. The number of rotatable bonds is 6. The van der Waals surface area contributed by atoms with Crippen molar-refractivity contribution in [1.82, 2.24) is 20.3 Å². The predicted molar refractivity (Wildman–Crippen MR) is 76.3 cm³/mol.